The molecule has 0 aromatic heterocycles. The van der Waals surface area contributed by atoms with Crippen LogP contribution in [0.3, 0.4) is 0 Å². The number of ether oxygens (including phenoxy) is 5. The highest BCUT2D eigenvalue weighted by Crippen LogP contribution is 2.63. The van der Waals surface area contributed by atoms with E-state index < -0.39 is 47.1 Å². The normalized spacial score (nSPS) is 56.3. The minimum Gasteiger partial charge on any atom is -0.468 e. The Labute approximate surface area is 123 Å². The SMILES string of the molecule is COC(=O)[C@H]1[C@@]2(C)O[C@@H](C)[C@]3([C@H](C)O)O[C@]1(C)O[C@]3(C)O2. The molecular formula is C14H22O7. The Kier molecular flexibility index (Phi) is 2.87. The van der Waals surface area contributed by atoms with Crippen LogP contribution in [0.1, 0.15) is 34.6 Å². The van der Waals surface area contributed by atoms with Gasteiger partial charge in [-0.3, -0.25) is 4.79 Å². The molecule has 3 rings (SSSR count). The Balaban J connectivity index is 2.19. The van der Waals surface area contributed by atoms with Crippen molar-refractivity contribution in [3.63, 3.8) is 0 Å². The van der Waals surface area contributed by atoms with E-state index in [9.17, 15) is 9.90 Å². The molecule has 120 valence electrons. The molecule has 7 atom stereocenters. The van der Waals surface area contributed by atoms with Gasteiger partial charge >= 0.3 is 5.97 Å². The van der Waals surface area contributed by atoms with E-state index in [2.05, 4.69) is 0 Å². The fourth-order valence-corrected chi connectivity index (χ4v) is 4.39. The van der Waals surface area contributed by atoms with E-state index in [-0.39, 0.29) is 0 Å². The zero-order chi connectivity index (χ0) is 15.8. The van der Waals surface area contributed by atoms with Crippen LogP contribution in [0.2, 0.25) is 0 Å². The molecule has 21 heavy (non-hydrogen) atoms. The van der Waals surface area contributed by atoms with E-state index >= 15 is 0 Å². The smallest absolute Gasteiger partial charge is 0.319 e. The number of aliphatic hydroxyl groups is 1. The van der Waals surface area contributed by atoms with Gasteiger partial charge in [-0.25, -0.2) is 0 Å². The Morgan fingerprint density at radius 2 is 1.76 bits per heavy atom. The van der Waals surface area contributed by atoms with Crippen molar-refractivity contribution >= 4 is 5.97 Å². The number of hydrogen-bond donors (Lipinski definition) is 1. The summed E-state index contributed by atoms with van der Waals surface area (Å²) in [4.78, 5) is 12.2. The molecule has 3 heterocycles. The maximum Gasteiger partial charge on any atom is 0.319 e. The van der Waals surface area contributed by atoms with Crippen molar-refractivity contribution in [3.8, 4) is 0 Å². The van der Waals surface area contributed by atoms with Crippen molar-refractivity contribution < 1.29 is 33.6 Å². The molecule has 0 aromatic rings. The number of aliphatic hydroxyl groups excluding tert-OH is 1. The second-order valence-corrected chi connectivity index (χ2v) is 6.47. The maximum absolute atomic E-state index is 12.2. The highest BCUT2D eigenvalue weighted by Gasteiger charge is 2.82. The third-order valence-electron chi connectivity index (χ3n) is 5.00. The van der Waals surface area contributed by atoms with Crippen LogP contribution in [0.25, 0.3) is 0 Å². The van der Waals surface area contributed by atoms with Gasteiger partial charge in [-0.2, -0.15) is 0 Å². The van der Waals surface area contributed by atoms with Gasteiger partial charge in [-0.15, -0.1) is 0 Å². The summed E-state index contributed by atoms with van der Waals surface area (Å²) in [6, 6.07) is 0. The first-order valence-electron chi connectivity index (χ1n) is 7.09. The van der Waals surface area contributed by atoms with Gasteiger partial charge in [0, 0.05) is 0 Å². The van der Waals surface area contributed by atoms with E-state index in [4.69, 9.17) is 23.7 Å². The van der Waals surface area contributed by atoms with Gasteiger partial charge in [-0.05, 0) is 34.6 Å². The van der Waals surface area contributed by atoms with Crippen LogP contribution in [0.15, 0.2) is 0 Å². The molecule has 1 N–H and O–H groups in total. The summed E-state index contributed by atoms with van der Waals surface area (Å²) in [6.45, 7) is 8.40. The zero-order valence-corrected chi connectivity index (χ0v) is 13.1. The first-order chi connectivity index (χ1) is 9.55. The van der Waals surface area contributed by atoms with Crippen molar-refractivity contribution in [2.45, 2.75) is 69.8 Å². The van der Waals surface area contributed by atoms with Crippen molar-refractivity contribution in [1.29, 1.82) is 0 Å². The predicted octanol–water partition coefficient (Wildman–Crippen LogP) is 0.540. The number of fused-ring (bicyclic) bond motifs is 2. The van der Waals surface area contributed by atoms with Crippen LogP contribution in [0, 0.1) is 5.92 Å². The first kappa shape index (κ1) is 15.2. The van der Waals surface area contributed by atoms with Gasteiger partial charge in [0.05, 0.1) is 19.3 Å². The fourth-order valence-electron chi connectivity index (χ4n) is 4.39. The van der Waals surface area contributed by atoms with Crippen LogP contribution in [0.4, 0.5) is 0 Å². The number of carbonyl (C=O) groups excluding carboxylic acids is 1. The molecule has 0 saturated carbocycles. The van der Waals surface area contributed by atoms with Crippen molar-refractivity contribution in [2.24, 2.45) is 5.92 Å². The van der Waals surface area contributed by atoms with Gasteiger partial charge < -0.3 is 28.8 Å². The number of hydrogen-bond acceptors (Lipinski definition) is 7. The van der Waals surface area contributed by atoms with E-state index in [0.29, 0.717) is 0 Å². The van der Waals surface area contributed by atoms with Gasteiger partial charge in [0.2, 0.25) is 5.79 Å². The highest BCUT2D eigenvalue weighted by atomic mass is 16.9. The standard InChI is InChI=1S/C14H22O7/c1-7(15)14-8(2)18-11(3)9(10(16)17-6)12(4,21-14)20-13(14,5)19-11/h7-9,15H,1-6H3/t7-,8-,9-,11-,12-,13-,14-/m0/s1. The second kappa shape index (κ2) is 3.97. The lowest BCUT2D eigenvalue weighted by Crippen LogP contribution is -2.74. The minimum absolute atomic E-state index is 0.530. The third-order valence-corrected chi connectivity index (χ3v) is 5.00. The molecule has 3 aliphatic heterocycles. The molecule has 0 radical (unpaired) electrons. The second-order valence-electron chi connectivity index (χ2n) is 6.47. The Morgan fingerprint density at radius 1 is 1.19 bits per heavy atom. The summed E-state index contributed by atoms with van der Waals surface area (Å²) in [5.74, 6) is -5.22. The summed E-state index contributed by atoms with van der Waals surface area (Å²) in [6.07, 6.45) is -1.45. The Bertz CT molecular complexity index is 494. The number of rotatable bonds is 2. The molecule has 0 unspecified atom stereocenters. The largest absolute Gasteiger partial charge is 0.468 e. The van der Waals surface area contributed by atoms with Gasteiger partial charge in [0.1, 0.15) is 0 Å². The first-order valence-corrected chi connectivity index (χ1v) is 7.09. The Morgan fingerprint density at radius 3 is 2.29 bits per heavy atom. The molecule has 7 nitrogen and oxygen atoms in total. The summed E-state index contributed by atoms with van der Waals surface area (Å²) >= 11 is 0. The zero-order valence-electron chi connectivity index (χ0n) is 13.1. The molecule has 3 saturated heterocycles. The predicted molar refractivity (Wildman–Crippen MR) is 68.9 cm³/mol. The van der Waals surface area contributed by atoms with Crippen LogP contribution in [-0.2, 0) is 28.5 Å². The summed E-state index contributed by atoms with van der Waals surface area (Å²) in [5.41, 5.74) is -1.22. The van der Waals surface area contributed by atoms with Crippen molar-refractivity contribution in [3.05, 3.63) is 0 Å². The quantitative estimate of drug-likeness (QED) is 0.745. The number of esters is 1. The van der Waals surface area contributed by atoms with Crippen LogP contribution >= 0.6 is 0 Å². The molecule has 3 fully saturated rings. The third kappa shape index (κ3) is 1.53. The maximum atomic E-state index is 12.2. The number of carbonyl (C=O) groups is 1. The van der Waals surface area contributed by atoms with Crippen molar-refractivity contribution in [1.82, 2.24) is 0 Å². The van der Waals surface area contributed by atoms with E-state index in [1.54, 1.807) is 34.6 Å². The lowest BCUT2D eigenvalue weighted by atomic mass is 9.81. The van der Waals surface area contributed by atoms with Crippen LogP contribution in [0.5, 0.6) is 0 Å². The fraction of sp³-hybridized carbons (Fsp3) is 0.929. The number of methoxy groups -OCH3 is 1. The lowest BCUT2D eigenvalue weighted by Gasteiger charge is -2.56. The highest BCUT2D eigenvalue weighted by molar-refractivity contribution is 5.75. The van der Waals surface area contributed by atoms with Crippen LogP contribution in [-0.4, -0.2) is 53.4 Å². The minimum atomic E-state index is -1.30. The Hall–Kier alpha value is -0.730. The molecule has 0 spiro atoms. The topological polar surface area (TPSA) is 83.5 Å². The van der Waals surface area contributed by atoms with Crippen molar-refractivity contribution in [2.75, 3.05) is 7.11 Å². The van der Waals surface area contributed by atoms with E-state index in [1.165, 1.54) is 7.11 Å². The van der Waals surface area contributed by atoms with Crippen LogP contribution < -0.4 is 0 Å². The van der Waals surface area contributed by atoms with E-state index in [0.717, 1.165) is 0 Å². The molecule has 3 bridgehead atoms. The molecule has 7 heteroatoms. The molecule has 0 amide bonds. The van der Waals surface area contributed by atoms with Gasteiger partial charge in [0.15, 0.2) is 23.1 Å². The van der Waals surface area contributed by atoms with E-state index in [1.807, 2.05) is 0 Å². The molecule has 0 aromatic carbocycles. The summed E-state index contributed by atoms with van der Waals surface area (Å²) in [7, 11) is 1.29. The average molecular weight is 302 g/mol. The van der Waals surface area contributed by atoms with Gasteiger partial charge in [-0.1, -0.05) is 0 Å². The summed E-state index contributed by atoms with van der Waals surface area (Å²) in [5, 5.41) is 10.3. The molecule has 3 aliphatic rings. The molecular weight excluding hydrogens is 280 g/mol. The van der Waals surface area contributed by atoms with Gasteiger partial charge in [0.25, 0.3) is 0 Å². The molecule has 0 aliphatic carbocycles. The summed E-state index contributed by atoms with van der Waals surface area (Å²) < 4.78 is 28.8. The average Bonchev–Trinajstić information content (AvgIpc) is 2.49. The lowest BCUT2D eigenvalue weighted by molar-refractivity contribution is -0.467. The monoisotopic (exact) mass is 302 g/mol.